The fraction of sp³-hybridized carbons (Fsp3) is 0.538. The van der Waals surface area contributed by atoms with Crippen molar-refractivity contribution in [2.24, 2.45) is 5.92 Å². The Kier molecular flexibility index (Phi) is 3.71. The van der Waals surface area contributed by atoms with Crippen molar-refractivity contribution < 1.29 is 4.52 Å². The lowest BCUT2D eigenvalue weighted by molar-refractivity contribution is 0.419. The van der Waals surface area contributed by atoms with E-state index in [0.717, 1.165) is 34.8 Å². The normalized spacial score (nSPS) is 11.4. The number of anilines is 1. The quantitative estimate of drug-likeness (QED) is 0.917. The van der Waals surface area contributed by atoms with Crippen LogP contribution in [0, 0.1) is 19.8 Å². The molecule has 2 N–H and O–H groups in total. The van der Waals surface area contributed by atoms with E-state index >= 15 is 0 Å². The molecule has 98 valence electrons. The summed E-state index contributed by atoms with van der Waals surface area (Å²) in [7, 11) is 0. The summed E-state index contributed by atoms with van der Waals surface area (Å²) in [6, 6.07) is 0. The molecular weight excluding hydrogens is 246 g/mol. The first-order chi connectivity index (χ1) is 8.49. The molecule has 5 heteroatoms. The maximum Gasteiger partial charge on any atom is 0.261 e. The van der Waals surface area contributed by atoms with Crippen LogP contribution in [-0.2, 0) is 6.42 Å². The average Bonchev–Trinajstić information content (AvgIpc) is 2.83. The van der Waals surface area contributed by atoms with Gasteiger partial charge >= 0.3 is 0 Å². The van der Waals surface area contributed by atoms with Crippen molar-refractivity contribution in [2.75, 3.05) is 5.73 Å². The minimum atomic E-state index is 0.549. The third-order valence-electron chi connectivity index (χ3n) is 3.04. The molecule has 0 bridgehead atoms. The third-order valence-corrected chi connectivity index (χ3v) is 4.08. The van der Waals surface area contributed by atoms with Gasteiger partial charge in [-0.15, -0.1) is 11.3 Å². The molecule has 0 saturated heterocycles. The fourth-order valence-corrected chi connectivity index (χ4v) is 2.72. The lowest BCUT2D eigenvalue weighted by Gasteiger charge is -1.98. The van der Waals surface area contributed by atoms with Crippen LogP contribution in [0.25, 0.3) is 11.5 Å². The van der Waals surface area contributed by atoms with Gasteiger partial charge in [0.25, 0.3) is 5.89 Å². The van der Waals surface area contributed by atoms with Crippen molar-refractivity contribution in [2.45, 2.75) is 40.5 Å². The molecule has 0 amide bonds. The van der Waals surface area contributed by atoms with Gasteiger partial charge in [-0.05, 0) is 31.7 Å². The average molecular weight is 265 g/mol. The summed E-state index contributed by atoms with van der Waals surface area (Å²) in [5, 5.41) is 4.77. The minimum absolute atomic E-state index is 0.549. The van der Waals surface area contributed by atoms with Crippen LogP contribution in [0.3, 0.4) is 0 Å². The second-order valence-electron chi connectivity index (χ2n) is 4.97. The van der Waals surface area contributed by atoms with Gasteiger partial charge in [0.05, 0.1) is 10.6 Å². The number of nitrogens with zero attached hydrogens (tertiary/aromatic N) is 2. The van der Waals surface area contributed by atoms with E-state index in [1.54, 1.807) is 11.3 Å². The third kappa shape index (κ3) is 2.56. The molecule has 0 unspecified atom stereocenters. The number of hydrogen-bond donors (Lipinski definition) is 1. The van der Waals surface area contributed by atoms with Crippen LogP contribution in [-0.4, -0.2) is 10.1 Å². The number of nitrogens with two attached hydrogens (primary N) is 1. The minimum Gasteiger partial charge on any atom is -0.390 e. The van der Waals surface area contributed by atoms with Crippen LogP contribution in [0.4, 0.5) is 5.00 Å². The Bertz CT molecular complexity index is 542. The highest BCUT2D eigenvalue weighted by atomic mass is 32.1. The molecule has 4 nitrogen and oxygen atoms in total. The van der Waals surface area contributed by atoms with Crippen molar-refractivity contribution in [1.29, 1.82) is 0 Å². The molecule has 0 saturated carbocycles. The van der Waals surface area contributed by atoms with Crippen LogP contribution >= 0.6 is 11.3 Å². The summed E-state index contributed by atoms with van der Waals surface area (Å²) in [4.78, 5) is 5.63. The van der Waals surface area contributed by atoms with Gasteiger partial charge in [-0.25, -0.2) is 0 Å². The van der Waals surface area contributed by atoms with Crippen molar-refractivity contribution in [3.8, 4) is 11.5 Å². The largest absolute Gasteiger partial charge is 0.390 e. The number of aromatic nitrogens is 2. The van der Waals surface area contributed by atoms with Crippen LogP contribution in [0.5, 0.6) is 0 Å². The molecule has 0 atom stereocenters. The van der Waals surface area contributed by atoms with Crippen molar-refractivity contribution in [3.05, 3.63) is 16.3 Å². The molecule has 0 aromatic carbocycles. The number of rotatable bonds is 4. The van der Waals surface area contributed by atoms with E-state index in [0.29, 0.717) is 11.8 Å². The summed E-state index contributed by atoms with van der Waals surface area (Å²) in [6.45, 7) is 8.46. The van der Waals surface area contributed by atoms with Crippen LogP contribution in [0.2, 0.25) is 0 Å². The van der Waals surface area contributed by atoms with Gasteiger partial charge in [0.2, 0.25) is 0 Å². The van der Waals surface area contributed by atoms with Gasteiger partial charge in [-0.2, -0.15) is 4.98 Å². The summed E-state index contributed by atoms with van der Waals surface area (Å²) < 4.78 is 5.32. The molecule has 0 radical (unpaired) electrons. The number of hydrogen-bond acceptors (Lipinski definition) is 5. The first-order valence-corrected chi connectivity index (χ1v) is 6.99. The summed E-state index contributed by atoms with van der Waals surface area (Å²) in [6.07, 6.45) is 1.92. The van der Waals surface area contributed by atoms with Gasteiger partial charge < -0.3 is 10.3 Å². The number of nitrogen functional groups attached to an aromatic ring is 1. The zero-order valence-electron chi connectivity index (χ0n) is 11.3. The van der Waals surface area contributed by atoms with E-state index in [-0.39, 0.29) is 0 Å². The van der Waals surface area contributed by atoms with Crippen molar-refractivity contribution >= 4 is 16.3 Å². The lowest BCUT2D eigenvalue weighted by atomic mass is 10.1. The number of thiophene rings is 1. The molecule has 0 aliphatic carbocycles. The lowest BCUT2D eigenvalue weighted by Crippen LogP contribution is -1.94. The van der Waals surface area contributed by atoms with Gasteiger partial charge in [0.1, 0.15) is 0 Å². The summed E-state index contributed by atoms with van der Waals surface area (Å²) >= 11 is 1.57. The molecule has 18 heavy (non-hydrogen) atoms. The predicted octanol–water partition coefficient (Wildman–Crippen LogP) is 3.59. The maximum atomic E-state index is 6.00. The van der Waals surface area contributed by atoms with Gasteiger partial charge in [0.15, 0.2) is 5.82 Å². The second-order valence-corrected chi connectivity index (χ2v) is 6.23. The summed E-state index contributed by atoms with van der Waals surface area (Å²) in [5.41, 5.74) is 8.04. The highest BCUT2D eigenvalue weighted by Gasteiger charge is 2.18. The fourth-order valence-electron chi connectivity index (χ4n) is 1.79. The molecule has 0 spiro atoms. The van der Waals surface area contributed by atoms with E-state index in [9.17, 15) is 0 Å². The molecule has 0 aliphatic rings. The Labute approximate surface area is 111 Å². The number of aryl methyl sites for hydroxylation is 2. The van der Waals surface area contributed by atoms with Crippen LogP contribution < -0.4 is 5.73 Å². The monoisotopic (exact) mass is 265 g/mol. The standard InChI is InChI=1S/C13H19N3OS/c1-7(2)5-6-10-15-13(17-16-10)11-8(3)9(4)18-12(11)14/h7H,5-6,14H2,1-4H3. The van der Waals surface area contributed by atoms with Crippen molar-refractivity contribution in [3.63, 3.8) is 0 Å². The van der Waals surface area contributed by atoms with Gasteiger partial charge in [-0.1, -0.05) is 19.0 Å². The SMILES string of the molecule is Cc1sc(N)c(-c2nc(CCC(C)C)no2)c1C. The highest BCUT2D eigenvalue weighted by molar-refractivity contribution is 7.16. The molecule has 2 heterocycles. The van der Waals surface area contributed by atoms with Crippen LogP contribution in [0.1, 0.15) is 36.5 Å². The second kappa shape index (κ2) is 5.10. The Morgan fingerprint density at radius 3 is 2.61 bits per heavy atom. The molecule has 0 fully saturated rings. The molecular formula is C13H19N3OS. The highest BCUT2D eigenvalue weighted by Crippen LogP contribution is 2.37. The van der Waals surface area contributed by atoms with Gasteiger partial charge in [-0.3, -0.25) is 0 Å². The predicted molar refractivity (Wildman–Crippen MR) is 74.7 cm³/mol. The summed E-state index contributed by atoms with van der Waals surface area (Å²) in [5.74, 6) is 1.96. The Morgan fingerprint density at radius 2 is 2.06 bits per heavy atom. The van der Waals surface area contributed by atoms with Gasteiger partial charge in [0, 0.05) is 11.3 Å². The zero-order valence-corrected chi connectivity index (χ0v) is 12.1. The maximum absolute atomic E-state index is 6.00. The Hall–Kier alpha value is -1.36. The first-order valence-electron chi connectivity index (χ1n) is 6.17. The van der Waals surface area contributed by atoms with E-state index in [1.165, 1.54) is 4.88 Å². The molecule has 2 aromatic heterocycles. The van der Waals surface area contributed by atoms with E-state index in [4.69, 9.17) is 10.3 Å². The molecule has 0 aliphatic heterocycles. The molecule has 2 rings (SSSR count). The first kappa shape index (κ1) is 13.1. The zero-order chi connectivity index (χ0) is 13.3. The smallest absolute Gasteiger partial charge is 0.261 e. The van der Waals surface area contributed by atoms with Crippen LogP contribution in [0.15, 0.2) is 4.52 Å². The van der Waals surface area contributed by atoms with E-state index in [1.807, 2.05) is 6.92 Å². The van der Waals surface area contributed by atoms with E-state index < -0.39 is 0 Å². The Morgan fingerprint density at radius 1 is 1.33 bits per heavy atom. The van der Waals surface area contributed by atoms with E-state index in [2.05, 4.69) is 30.9 Å². The van der Waals surface area contributed by atoms with Crippen molar-refractivity contribution in [1.82, 2.24) is 10.1 Å². The Balaban J connectivity index is 2.24. The molecule has 2 aromatic rings. The topological polar surface area (TPSA) is 64.9 Å².